The van der Waals surface area contributed by atoms with E-state index in [2.05, 4.69) is 5.32 Å². The summed E-state index contributed by atoms with van der Waals surface area (Å²) in [6.45, 7) is 2.77. The van der Waals surface area contributed by atoms with Gasteiger partial charge in [0.15, 0.2) is 0 Å². The molecule has 1 amide bonds. The predicted molar refractivity (Wildman–Crippen MR) is 53.6 cm³/mol. The van der Waals surface area contributed by atoms with E-state index in [-0.39, 0.29) is 12.3 Å². The molecular weight excluding hydrogens is 221 g/mol. The summed E-state index contributed by atoms with van der Waals surface area (Å²) in [6, 6.07) is 0. The second kappa shape index (κ2) is 4.61. The van der Waals surface area contributed by atoms with Crippen LogP contribution >= 0.6 is 0 Å². The van der Waals surface area contributed by atoms with E-state index in [0.29, 0.717) is 6.54 Å². The van der Waals surface area contributed by atoms with Crippen LogP contribution in [0, 0.1) is 11.3 Å². The van der Waals surface area contributed by atoms with Crippen LogP contribution in [0.3, 0.4) is 0 Å². The van der Waals surface area contributed by atoms with Crippen LogP contribution in [-0.4, -0.2) is 25.2 Å². The first-order valence-electron chi connectivity index (χ1n) is 5.30. The van der Waals surface area contributed by atoms with Gasteiger partial charge >= 0.3 is 6.18 Å². The SMILES string of the molecule is C[C@](C[C@H]1CCNC1)(CC(F)(F)F)C(N)=O. The fourth-order valence-corrected chi connectivity index (χ4v) is 2.23. The Labute approximate surface area is 92.6 Å². The summed E-state index contributed by atoms with van der Waals surface area (Å²) in [6.07, 6.45) is -4.47. The van der Waals surface area contributed by atoms with E-state index in [0.717, 1.165) is 13.0 Å². The lowest BCUT2D eigenvalue weighted by molar-refractivity contribution is -0.167. The minimum atomic E-state index is -4.35. The Hall–Kier alpha value is -0.780. The van der Waals surface area contributed by atoms with Gasteiger partial charge in [0.1, 0.15) is 0 Å². The summed E-state index contributed by atoms with van der Waals surface area (Å²) < 4.78 is 37.1. The Balaban J connectivity index is 2.67. The summed E-state index contributed by atoms with van der Waals surface area (Å²) >= 11 is 0. The van der Waals surface area contributed by atoms with Crippen molar-refractivity contribution in [3.8, 4) is 0 Å². The molecule has 1 aliphatic rings. The molecule has 1 fully saturated rings. The van der Waals surface area contributed by atoms with Crippen molar-refractivity contribution in [3.63, 3.8) is 0 Å². The molecule has 0 aromatic heterocycles. The van der Waals surface area contributed by atoms with Crippen LogP contribution in [0.2, 0.25) is 0 Å². The molecule has 3 N–H and O–H groups in total. The third kappa shape index (κ3) is 3.66. The molecule has 0 spiro atoms. The minimum absolute atomic E-state index is 0.111. The van der Waals surface area contributed by atoms with Gasteiger partial charge in [0, 0.05) is 0 Å². The summed E-state index contributed by atoms with van der Waals surface area (Å²) in [5.41, 5.74) is 3.62. The molecule has 6 heteroatoms. The molecule has 94 valence electrons. The van der Waals surface area contributed by atoms with Crippen molar-refractivity contribution in [3.05, 3.63) is 0 Å². The molecule has 16 heavy (non-hydrogen) atoms. The minimum Gasteiger partial charge on any atom is -0.369 e. The number of rotatable bonds is 4. The van der Waals surface area contributed by atoms with Gasteiger partial charge in [0.05, 0.1) is 11.8 Å². The first-order chi connectivity index (χ1) is 7.23. The number of carbonyl (C=O) groups excluding carboxylic acids is 1. The lowest BCUT2D eigenvalue weighted by Gasteiger charge is -2.29. The normalized spacial score (nSPS) is 25.4. The molecule has 1 aliphatic heterocycles. The maximum atomic E-state index is 12.4. The van der Waals surface area contributed by atoms with Gasteiger partial charge in [-0.15, -0.1) is 0 Å². The van der Waals surface area contributed by atoms with E-state index in [9.17, 15) is 18.0 Å². The molecule has 0 aliphatic carbocycles. The Morgan fingerprint density at radius 3 is 2.50 bits per heavy atom. The maximum absolute atomic E-state index is 12.4. The highest BCUT2D eigenvalue weighted by atomic mass is 19.4. The van der Waals surface area contributed by atoms with Crippen molar-refractivity contribution in [1.29, 1.82) is 0 Å². The van der Waals surface area contributed by atoms with Crippen molar-refractivity contribution in [1.82, 2.24) is 5.32 Å². The number of hydrogen-bond acceptors (Lipinski definition) is 2. The Morgan fingerprint density at radius 1 is 1.50 bits per heavy atom. The Bertz CT molecular complexity index is 261. The van der Waals surface area contributed by atoms with E-state index >= 15 is 0 Å². The van der Waals surface area contributed by atoms with Gasteiger partial charge in [-0.1, -0.05) is 6.92 Å². The van der Waals surface area contributed by atoms with E-state index in [1.54, 1.807) is 0 Å². The molecule has 1 heterocycles. The van der Waals surface area contributed by atoms with E-state index < -0.39 is 23.9 Å². The Morgan fingerprint density at radius 2 is 2.12 bits per heavy atom. The topological polar surface area (TPSA) is 55.1 Å². The van der Waals surface area contributed by atoms with E-state index in [1.165, 1.54) is 6.92 Å². The molecule has 0 bridgehead atoms. The number of halogens is 3. The van der Waals surface area contributed by atoms with Crippen molar-refractivity contribution < 1.29 is 18.0 Å². The summed E-state index contributed by atoms with van der Waals surface area (Å²) in [5, 5.41) is 3.06. The molecular formula is C10H17F3N2O. The van der Waals surface area contributed by atoms with Crippen LogP contribution in [0.5, 0.6) is 0 Å². The zero-order valence-corrected chi connectivity index (χ0v) is 9.23. The number of nitrogens with one attached hydrogen (secondary N) is 1. The zero-order chi connectivity index (χ0) is 12.4. The Kier molecular flexibility index (Phi) is 3.83. The monoisotopic (exact) mass is 238 g/mol. The maximum Gasteiger partial charge on any atom is 0.390 e. The fourth-order valence-electron chi connectivity index (χ4n) is 2.23. The predicted octanol–water partition coefficient (Wildman–Crippen LogP) is 1.43. The van der Waals surface area contributed by atoms with Crippen LogP contribution in [0.4, 0.5) is 13.2 Å². The van der Waals surface area contributed by atoms with E-state index in [1.807, 2.05) is 0 Å². The third-order valence-electron chi connectivity index (χ3n) is 3.09. The van der Waals surface area contributed by atoms with Crippen LogP contribution in [0.1, 0.15) is 26.2 Å². The molecule has 0 saturated carbocycles. The van der Waals surface area contributed by atoms with Gasteiger partial charge in [0.25, 0.3) is 0 Å². The molecule has 0 unspecified atom stereocenters. The highest BCUT2D eigenvalue weighted by Gasteiger charge is 2.44. The van der Waals surface area contributed by atoms with Crippen LogP contribution in [0.25, 0.3) is 0 Å². The fraction of sp³-hybridized carbons (Fsp3) is 0.900. The molecule has 0 aromatic carbocycles. The molecule has 2 atom stereocenters. The number of carbonyl (C=O) groups is 1. The number of primary amides is 1. The largest absolute Gasteiger partial charge is 0.390 e. The molecule has 0 aromatic rings. The van der Waals surface area contributed by atoms with Crippen molar-refractivity contribution >= 4 is 5.91 Å². The molecule has 1 rings (SSSR count). The van der Waals surface area contributed by atoms with Crippen LogP contribution in [0.15, 0.2) is 0 Å². The van der Waals surface area contributed by atoms with Gasteiger partial charge < -0.3 is 11.1 Å². The highest BCUT2D eigenvalue weighted by Crippen LogP contribution is 2.39. The smallest absolute Gasteiger partial charge is 0.369 e. The quantitative estimate of drug-likeness (QED) is 0.778. The van der Waals surface area contributed by atoms with Crippen LogP contribution < -0.4 is 11.1 Å². The number of alkyl halides is 3. The first kappa shape index (κ1) is 13.3. The lowest BCUT2D eigenvalue weighted by atomic mass is 9.77. The summed E-state index contributed by atoms with van der Waals surface area (Å²) in [5.74, 6) is -0.753. The van der Waals surface area contributed by atoms with Crippen molar-refractivity contribution in [2.75, 3.05) is 13.1 Å². The summed E-state index contributed by atoms with van der Waals surface area (Å²) in [4.78, 5) is 11.2. The first-order valence-corrected chi connectivity index (χ1v) is 5.30. The van der Waals surface area contributed by atoms with Gasteiger partial charge in [0.2, 0.25) is 5.91 Å². The number of amides is 1. The summed E-state index contributed by atoms with van der Waals surface area (Å²) in [7, 11) is 0. The van der Waals surface area contributed by atoms with Gasteiger partial charge in [-0.3, -0.25) is 4.79 Å². The van der Waals surface area contributed by atoms with Gasteiger partial charge in [-0.2, -0.15) is 13.2 Å². The zero-order valence-electron chi connectivity index (χ0n) is 9.23. The molecule has 3 nitrogen and oxygen atoms in total. The second-order valence-corrected chi connectivity index (χ2v) is 4.78. The average Bonchev–Trinajstić information content (AvgIpc) is 2.52. The van der Waals surface area contributed by atoms with Gasteiger partial charge in [-0.25, -0.2) is 0 Å². The van der Waals surface area contributed by atoms with Crippen molar-refractivity contribution in [2.45, 2.75) is 32.4 Å². The van der Waals surface area contributed by atoms with Gasteiger partial charge in [-0.05, 0) is 31.8 Å². The molecule has 1 saturated heterocycles. The van der Waals surface area contributed by atoms with Crippen LogP contribution in [-0.2, 0) is 4.79 Å². The number of nitrogens with two attached hydrogens (primary N) is 1. The molecule has 0 radical (unpaired) electrons. The lowest BCUT2D eigenvalue weighted by Crippen LogP contribution is -2.40. The standard InChI is InChI=1S/C10H17F3N2O/c1-9(8(14)16,6-10(11,12)13)4-7-2-3-15-5-7/h7,15H,2-6H2,1H3,(H2,14,16)/t7-,9+/m1/s1. The number of hydrogen-bond donors (Lipinski definition) is 2. The van der Waals surface area contributed by atoms with E-state index in [4.69, 9.17) is 5.73 Å². The highest BCUT2D eigenvalue weighted by molar-refractivity contribution is 5.80. The average molecular weight is 238 g/mol. The van der Waals surface area contributed by atoms with Crippen molar-refractivity contribution in [2.24, 2.45) is 17.1 Å². The second-order valence-electron chi connectivity index (χ2n) is 4.78. The third-order valence-corrected chi connectivity index (χ3v) is 3.09.